The summed E-state index contributed by atoms with van der Waals surface area (Å²) < 4.78 is 96.4. The number of alkyl halides is 4. The Labute approximate surface area is 314 Å². The van der Waals surface area contributed by atoms with E-state index in [2.05, 4.69) is 15.0 Å². The zero-order chi connectivity index (χ0) is 37.9. The average molecular weight is 791 g/mol. The lowest BCUT2D eigenvalue weighted by atomic mass is 9.91. The van der Waals surface area contributed by atoms with Crippen LogP contribution >= 0.6 is 22.9 Å². The number of thiazole rings is 1. The number of nitrogens with two attached hydrogens (primary N) is 1. The first kappa shape index (κ1) is 35.6. The van der Waals surface area contributed by atoms with Gasteiger partial charge < -0.3 is 15.4 Å². The number of benzene rings is 1. The van der Waals surface area contributed by atoms with Gasteiger partial charge in [0.1, 0.15) is 40.5 Å². The molecule has 0 radical (unpaired) electrons. The Balaban J connectivity index is 1.14. The molecule has 5 aliphatic rings. The van der Waals surface area contributed by atoms with Gasteiger partial charge in [0.05, 0.1) is 33.4 Å². The van der Waals surface area contributed by atoms with Crippen LogP contribution in [0.25, 0.3) is 28.2 Å². The van der Waals surface area contributed by atoms with E-state index in [4.69, 9.17) is 27.1 Å². The molecule has 18 heteroatoms. The van der Waals surface area contributed by atoms with Crippen LogP contribution in [0.1, 0.15) is 48.2 Å². The van der Waals surface area contributed by atoms with Gasteiger partial charge in [-0.2, -0.15) is 23.1 Å². The number of carbonyl (C=O) groups excluding carboxylic acids is 1. The molecule has 4 aromatic rings. The van der Waals surface area contributed by atoms with Crippen LogP contribution in [-0.4, -0.2) is 97.6 Å². The molecule has 2 N–H and O–H groups in total. The summed E-state index contributed by atoms with van der Waals surface area (Å²) in [6, 6.07) is 1.53. The van der Waals surface area contributed by atoms with E-state index in [9.17, 15) is 22.4 Å². The first-order valence-corrected chi connectivity index (χ1v) is 18.9. The van der Waals surface area contributed by atoms with Gasteiger partial charge in [0, 0.05) is 55.1 Å². The third-order valence-electron chi connectivity index (χ3n) is 11.8. The van der Waals surface area contributed by atoms with Crippen molar-refractivity contribution in [3.8, 4) is 17.3 Å². The van der Waals surface area contributed by atoms with Gasteiger partial charge in [-0.25, -0.2) is 23.1 Å². The number of piperidine rings is 1. The van der Waals surface area contributed by atoms with Gasteiger partial charge in [-0.1, -0.05) is 11.6 Å². The van der Waals surface area contributed by atoms with Gasteiger partial charge >= 0.3 is 12.2 Å². The fourth-order valence-electron chi connectivity index (χ4n) is 9.58. The Hall–Kier alpha value is -4.06. The smallest absolute Gasteiger partial charge is 0.418 e. The van der Waals surface area contributed by atoms with E-state index >= 15 is 8.78 Å². The number of nitrogen functional groups attached to an aromatic ring is 1. The molecule has 0 spiro atoms. The monoisotopic (exact) mass is 790 g/mol. The van der Waals surface area contributed by atoms with E-state index in [0.717, 1.165) is 18.6 Å². The second-order valence-corrected chi connectivity index (χ2v) is 16.2. The van der Waals surface area contributed by atoms with Crippen LogP contribution in [0.5, 0.6) is 6.01 Å². The molecule has 5 fully saturated rings. The largest absolute Gasteiger partial charge is 0.461 e. The van der Waals surface area contributed by atoms with Gasteiger partial charge in [0.25, 0.3) is 0 Å². The van der Waals surface area contributed by atoms with Gasteiger partial charge in [-0.05, 0) is 56.8 Å². The highest BCUT2D eigenvalue weighted by atomic mass is 35.5. The Morgan fingerprint density at radius 2 is 2.00 bits per heavy atom. The van der Waals surface area contributed by atoms with Gasteiger partial charge in [0.2, 0.25) is 5.78 Å². The number of ketones is 1. The van der Waals surface area contributed by atoms with Crippen molar-refractivity contribution >= 4 is 57.3 Å². The number of ether oxygens (including phenoxy) is 1. The molecule has 0 aliphatic carbocycles. The number of anilines is 2. The van der Waals surface area contributed by atoms with Crippen molar-refractivity contribution in [2.24, 2.45) is 0 Å². The average Bonchev–Trinajstić information content (AvgIpc) is 3.62. The molecule has 1 aromatic carbocycles. The number of rotatable bonds is 8. The summed E-state index contributed by atoms with van der Waals surface area (Å²) in [7, 11) is 0. The number of halogens is 7. The summed E-state index contributed by atoms with van der Waals surface area (Å²) >= 11 is 7.87. The first-order valence-electron chi connectivity index (χ1n) is 17.6. The van der Waals surface area contributed by atoms with Crippen molar-refractivity contribution in [1.82, 2.24) is 29.7 Å². The summed E-state index contributed by atoms with van der Waals surface area (Å²) in [5.74, 6) is -2.78. The maximum absolute atomic E-state index is 17.0. The molecule has 0 amide bonds. The zero-order valence-corrected chi connectivity index (χ0v) is 30.3. The number of pyridine rings is 1. The maximum Gasteiger partial charge on any atom is 0.418 e. The number of hydrogen-bond donors (Lipinski definition) is 1. The fourth-order valence-corrected chi connectivity index (χ4v) is 10.4. The van der Waals surface area contributed by atoms with Crippen LogP contribution in [0, 0.1) is 12.7 Å². The molecule has 8 heterocycles. The molecule has 6 unspecified atom stereocenters. The van der Waals surface area contributed by atoms with E-state index < -0.39 is 57.7 Å². The summed E-state index contributed by atoms with van der Waals surface area (Å²) in [5.41, 5.74) is 0.939. The predicted octanol–water partition coefficient (Wildman–Crippen LogP) is 6.79. The number of fused-ring (bicyclic) bond motifs is 3. The molecule has 10 nitrogen and oxygen atoms in total. The van der Waals surface area contributed by atoms with Crippen molar-refractivity contribution in [1.29, 1.82) is 0 Å². The number of nitrogens with zero attached hydrogens (tertiary/aromatic N) is 7. The molecule has 5 saturated heterocycles. The predicted molar refractivity (Wildman–Crippen MR) is 190 cm³/mol. The number of Topliss-reactive ketones (excluding diaryl/α,β-unsaturated/α-hetero) is 1. The highest BCUT2D eigenvalue weighted by molar-refractivity contribution is 7.10. The number of hydrogen-bond acceptors (Lipinski definition) is 11. The normalized spacial score (nSPS) is 29.2. The molecule has 0 bridgehead atoms. The first-order chi connectivity index (χ1) is 25.7. The number of piperazine rings is 1. The van der Waals surface area contributed by atoms with Gasteiger partial charge in [0.15, 0.2) is 11.6 Å². The molecular formula is C36H33ClF6N8O2S. The summed E-state index contributed by atoms with van der Waals surface area (Å²) in [4.78, 5) is 36.6. The Bertz CT molecular complexity index is 2240. The summed E-state index contributed by atoms with van der Waals surface area (Å²) in [6.07, 6.45) is -0.491. The molecule has 5 aliphatic heterocycles. The highest BCUT2D eigenvalue weighted by Crippen LogP contribution is 2.58. The minimum Gasteiger partial charge on any atom is -0.461 e. The van der Waals surface area contributed by atoms with Crippen molar-refractivity contribution in [3.63, 3.8) is 0 Å². The minimum atomic E-state index is -4.93. The van der Waals surface area contributed by atoms with Crippen molar-refractivity contribution < 1.29 is 35.9 Å². The van der Waals surface area contributed by atoms with E-state index in [1.807, 2.05) is 14.7 Å². The number of aryl methyl sites for hydroxylation is 1. The minimum absolute atomic E-state index is 0.00989. The molecule has 0 saturated carbocycles. The third-order valence-corrected chi connectivity index (χ3v) is 12.8. The van der Waals surface area contributed by atoms with Crippen LogP contribution in [0.3, 0.4) is 0 Å². The summed E-state index contributed by atoms with van der Waals surface area (Å²) in [6.45, 7) is 2.70. The molecule has 284 valence electrons. The lowest BCUT2D eigenvalue weighted by Crippen LogP contribution is -2.45. The lowest BCUT2D eigenvalue weighted by Gasteiger charge is -2.34. The maximum atomic E-state index is 17.0. The fraction of sp³-hybridized carbons (Fsp3) is 0.472. The summed E-state index contributed by atoms with van der Waals surface area (Å²) in [5, 5.41) is 1.77. The molecule has 3 aromatic heterocycles. The molecule has 6 atom stereocenters. The SMILES string of the molecule is Cc1cc(N)nc(-c2c(Cl)cc3c(N4CC5CCC6(C(=O)/C(F)=C/c7nccs7)C(C4)N56)nc(OCC45CCCN4CC(F)C5)nc3c2F)c1C(F)(F)F. The molecule has 9 rings (SSSR count). The number of aromatic nitrogens is 4. The van der Waals surface area contributed by atoms with Crippen molar-refractivity contribution in [2.75, 3.05) is 43.4 Å². The Morgan fingerprint density at radius 3 is 2.76 bits per heavy atom. The van der Waals surface area contributed by atoms with E-state index in [-0.39, 0.29) is 77.3 Å². The van der Waals surface area contributed by atoms with E-state index in [1.165, 1.54) is 30.5 Å². The van der Waals surface area contributed by atoms with Crippen LogP contribution in [-0.2, 0) is 11.0 Å². The zero-order valence-electron chi connectivity index (χ0n) is 28.8. The van der Waals surface area contributed by atoms with Crippen LogP contribution in [0.2, 0.25) is 5.02 Å². The molecule has 54 heavy (non-hydrogen) atoms. The second kappa shape index (κ2) is 12.5. The van der Waals surface area contributed by atoms with Crippen LogP contribution < -0.4 is 15.4 Å². The van der Waals surface area contributed by atoms with Crippen LogP contribution in [0.4, 0.5) is 38.0 Å². The second-order valence-electron chi connectivity index (χ2n) is 14.9. The lowest BCUT2D eigenvalue weighted by molar-refractivity contribution is -0.137. The van der Waals surface area contributed by atoms with E-state index in [0.29, 0.717) is 37.4 Å². The van der Waals surface area contributed by atoms with Crippen molar-refractivity contribution in [3.05, 3.63) is 56.5 Å². The third kappa shape index (κ3) is 5.47. The molecular weight excluding hydrogens is 758 g/mol. The van der Waals surface area contributed by atoms with E-state index in [1.54, 1.807) is 5.38 Å². The quantitative estimate of drug-likeness (QED) is 0.116. The Kier molecular flexibility index (Phi) is 8.23. The van der Waals surface area contributed by atoms with Crippen molar-refractivity contribution in [2.45, 2.75) is 74.5 Å². The Morgan fingerprint density at radius 1 is 1.19 bits per heavy atom. The standard InChI is InChI=1S/C36H33ClF6N8O2S/c1-17-9-24(44)46-30(27(17)36(41,42)43)26-21(37)10-20-29(28(26)40)47-33(53-16-34-4-2-7-50(34)13-18(38)12-34)48-32(20)49-14-19-3-5-35(23(15-49)51(19)35)31(52)22(39)11-25-45-6-8-54-25/h6,8-11,18-19,23H,2-5,7,12-16H2,1H3,(H2,44,46)/b22-11-. The van der Waals surface area contributed by atoms with Gasteiger partial charge in [-0.3, -0.25) is 14.6 Å². The number of carbonyl (C=O) groups is 1. The highest BCUT2D eigenvalue weighted by Gasteiger charge is 2.74. The van der Waals surface area contributed by atoms with Gasteiger partial charge in [-0.15, -0.1) is 11.3 Å². The van der Waals surface area contributed by atoms with Crippen LogP contribution in [0.15, 0.2) is 29.5 Å². The topological polar surface area (TPSA) is 113 Å².